The molecule has 0 spiro atoms. The van der Waals surface area contributed by atoms with Gasteiger partial charge in [-0.1, -0.05) is 0 Å². The topological polar surface area (TPSA) is 110 Å². The van der Waals surface area contributed by atoms with E-state index in [0.717, 1.165) is 21.0 Å². The van der Waals surface area contributed by atoms with Gasteiger partial charge in [-0.25, -0.2) is 9.97 Å². The summed E-state index contributed by atoms with van der Waals surface area (Å²) in [6, 6.07) is 11.2. The summed E-state index contributed by atoms with van der Waals surface area (Å²) in [6.45, 7) is 1.86. The normalized spacial score (nSPS) is 10.5. The first-order chi connectivity index (χ1) is 14.4. The summed E-state index contributed by atoms with van der Waals surface area (Å²) in [6.07, 6.45) is 6.85. The van der Waals surface area contributed by atoms with Crippen LogP contribution in [0.4, 0.5) is 17.1 Å². The van der Waals surface area contributed by atoms with E-state index in [1.807, 2.05) is 49.8 Å². The van der Waals surface area contributed by atoms with Crippen LogP contribution in [0.5, 0.6) is 0 Å². The van der Waals surface area contributed by atoms with Crippen LogP contribution in [0.1, 0.15) is 26.5 Å². The molecule has 0 radical (unpaired) electrons. The molecular formula is C21H21N5O2S2. The van der Waals surface area contributed by atoms with E-state index in [1.54, 1.807) is 17.8 Å². The Morgan fingerprint density at radius 2 is 1.67 bits per heavy atom. The number of thioether (sulfide) groups is 2. The predicted molar refractivity (Wildman–Crippen MR) is 123 cm³/mol. The van der Waals surface area contributed by atoms with Crippen LogP contribution in [-0.2, 0) is 0 Å². The van der Waals surface area contributed by atoms with Gasteiger partial charge >= 0.3 is 0 Å². The highest BCUT2D eigenvalue weighted by molar-refractivity contribution is 7.98. The summed E-state index contributed by atoms with van der Waals surface area (Å²) >= 11 is 3.04. The second-order valence-corrected chi connectivity index (χ2v) is 7.99. The summed E-state index contributed by atoms with van der Waals surface area (Å²) in [5.41, 5.74) is 8.46. The number of rotatable bonds is 7. The summed E-state index contributed by atoms with van der Waals surface area (Å²) in [5, 5.41) is 6.10. The van der Waals surface area contributed by atoms with E-state index in [4.69, 9.17) is 5.73 Å². The van der Waals surface area contributed by atoms with Crippen LogP contribution in [0, 0.1) is 6.92 Å². The van der Waals surface area contributed by atoms with E-state index in [-0.39, 0.29) is 5.82 Å². The molecule has 0 bridgehead atoms. The quantitative estimate of drug-likeness (QED) is 0.470. The molecule has 1 aromatic heterocycles. The van der Waals surface area contributed by atoms with Crippen LogP contribution in [0.15, 0.2) is 58.6 Å². The Bertz CT molecular complexity index is 1070. The third-order valence-corrected chi connectivity index (χ3v) is 5.83. The molecule has 154 valence electrons. The van der Waals surface area contributed by atoms with Gasteiger partial charge in [-0.2, -0.15) is 0 Å². The lowest BCUT2D eigenvalue weighted by Gasteiger charge is -2.20. The number of nitrogens with zero attached hydrogens (tertiary/aromatic N) is 2. The van der Waals surface area contributed by atoms with Gasteiger partial charge in [0.25, 0.3) is 11.8 Å². The van der Waals surface area contributed by atoms with Crippen LogP contribution in [-0.4, -0.2) is 34.3 Å². The van der Waals surface area contributed by atoms with Crippen molar-refractivity contribution in [3.8, 4) is 0 Å². The second kappa shape index (κ2) is 9.64. The van der Waals surface area contributed by atoms with E-state index >= 15 is 0 Å². The number of anilines is 3. The number of carbonyl (C=O) groups excluding carboxylic acids is 2. The van der Waals surface area contributed by atoms with Crippen molar-refractivity contribution in [3.05, 3.63) is 65.7 Å². The number of aromatic nitrogens is 2. The van der Waals surface area contributed by atoms with E-state index in [2.05, 4.69) is 20.6 Å². The van der Waals surface area contributed by atoms with Crippen molar-refractivity contribution in [2.75, 3.05) is 23.1 Å². The second-order valence-electron chi connectivity index (χ2n) is 6.26. The molecule has 0 aliphatic rings. The zero-order chi connectivity index (χ0) is 21.7. The molecule has 4 N–H and O–H groups in total. The van der Waals surface area contributed by atoms with Gasteiger partial charge in [-0.05, 0) is 61.4 Å². The molecule has 0 unspecified atom stereocenters. The van der Waals surface area contributed by atoms with Gasteiger partial charge in [0, 0.05) is 27.9 Å². The van der Waals surface area contributed by atoms with Gasteiger partial charge in [-0.15, -0.1) is 23.5 Å². The Kier molecular flexibility index (Phi) is 6.96. The highest BCUT2D eigenvalue weighted by Gasteiger charge is 2.22. The SMILES string of the molecule is CSc1ccc(Nc2c(NC(=O)c3ncccn3)c(C)cc(SC)c2C(N)=O)cc1. The number of nitrogens with one attached hydrogen (secondary N) is 2. The van der Waals surface area contributed by atoms with Crippen molar-refractivity contribution in [1.29, 1.82) is 0 Å². The average Bonchev–Trinajstić information content (AvgIpc) is 2.76. The van der Waals surface area contributed by atoms with Crippen LogP contribution in [0.2, 0.25) is 0 Å². The van der Waals surface area contributed by atoms with Crippen molar-refractivity contribution < 1.29 is 9.59 Å². The number of primary amides is 1. The number of aryl methyl sites for hydroxylation is 1. The van der Waals surface area contributed by atoms with Gasteiger partial charge in [-0.3, -0.25) is 9.59 Å². The first kappa shape index (κ1) is 21.7. The van der Waals surface area contributed by atoms with Gasteiger partial charge in [0.05, 0.1) is 16.9 Å². The third-order valence-electron chi connectivity index (χ3n) is 4.32. The lowest BCUT2D eigenvalue weighted by atomic mass is 10.0. The Morgan fingerprint density at radius 3 is 2.23 bits per heavy atom. The van der Waals surface area contributed by atoms with Gasteiger partial charge < -0.3 is 16.4 Å². The molecule has 3 rings (SSSR count). The Balaban J connectivity index is 2.10. The van der Waals surface area contributed by atoms with E-state index in [0.29, 0.717) is 16.9 Å². The molecule has 0 fully saturated rings. The molecule has 0 aliphatic heterocycles. The number of benzene rings is 2. The molecule has 0 atom stereocenters. The Morgan fingerprint density at radius 1 is 1.00 bits per heavy atom. The fourth-order valence-corrected chi connectivity index (χ4v) is 3.99. The van der Waals surface area contributed by atoms with Crippen molar-refractivity contribution in [1.82, 2.24) is 9.97 Å². The highest BCUT2D eigenvalue weighted by atomic mass is 32.2. The fraction of sp³-hybridized carbons (Fsp3) is 0.143. The standard InChI is InChI=1S/C21H21N5O2S2/c1-12-11-15(30-3)16(19(22)27)18(25-13-5-7-14(29-2)8-6-13)17(12)26-21(28)20-23-9-4-10-24-20/h4-11,25H,1-3H3,(H2,22,27)(H,26,28). The minimum absolute atomic E-state index is 0.0294. The van der Waals surface area contributed by atoms with Gasteiger partial charge in [0.1, 0.15) is 0 Å². The molecule has 1 heterocycles. The van der Waals surface area contributed by atoms with Crippen LogP contribution < -0.4 is 16.4 Å². The van der Waals surface area contributed by atoms with Crippen molar-refractivity contribution in [2.24, 2.45) is 5.73 Å². The van der Waals surface area contributed by atoms with Gasteiger partial charge in [0.2, 0.25) is 5.82 Å². The van der Waals surface area contributed by atoms with Gasteiger partial charge in [0.15, 0.2) is 0 Å². The monoisotopic (exact) mass is 439 g/mol. The maximum absolute atomic E-state index is 12.7. The number of carbonyl (C=O) groups is 2. The molecule has 3 aromatic rings. The molecule has 0 saturated carbocycles. The maximum atomic E-state index is 12.7. The predicted octanol–water partition coefficient (Wildman–Crippen LogP) is 4.32. The number of hydrogen-bond acceptors (Lipinski definition) is 7. The Hall–Kier alpha value is -3.04. The molecule has 2 amide bonds. The molecule has 30 heavy (non-hydrogen) atoms. The third kappa shape index (κ3) is 4.74. The van der Waals surface area contributed by atoms with Crippen molar-refractivity contribution in [2.45, 2.75) is 16.7 Å². The smallest absolute Gasteiger partial charge is 0.293 e. The van der Waals surface area contributed by atoms with E-state index in [1.165, 1.54) is 24.2 Å². The zero-order valence-corrected chi connectivity index (χ0v) is 18.4. The minimum atomic E-state index is -0.589. The largest absolute Gasteiger partial charge is 0.365 e. The summed E-state index contributed by atoms with van der Waals surface area (Å²) in [4.78, 5) is 34.8. The van der Waals surface area contributed by atoms with Crippen LogP contribution >= 0.6 is 23.5 Å². The zero-order valence-electron chi connectivity index (χ0n) is 16.7. The van der Waals surface area contributed by atoms with E-state index in [9.17, 15) is 9.59 Å². The summed E-state index contributed by atoms with van der Waals surface area (Å²) < 4.78 is 0. The molecule has 9 heteroatoms. The first-order valence-electron chi connectivity index (χ1n) is 8.95. The summed E-state index contributed by atoms with van der Waals surface area (Å²) in [5.74, 6) is -1.04. The summed E-state index contributed by atoms with van der Waals surface area (Å²) in [7, 11) is 0. The fourth-order valence-electron chi connectivity index (χ4n) is 2.88. The van der Waals surface area contributed by atoms with Crippen molar-refractivity contribution >= 4 is 52.4 Å². The van der Waals surface area contributed by atoms with Crippen LogP contribution in [0.3, 0.4) is 0 Å². The maximum Gasteiger partial charge on any atom is 0.293 e. The van der Waals surface area contributed by atoms with Crippen molar-refractivity contribution in [3.63, 3.8) is 0 Å². The Labute approximate surface area is 183 Å². The number of hydrogen-bond donors (Lipinski definition) is 3. The molecule has 2 aromatic carbocycles. The van der Waals surface area contributed by atoms with E-state index < -0.39 is 11.8 Å². The first-order valence-corrected chi connectivity index (χ1v) is 11.4. The highest BCUT2D eigenvalue weighted by Crippen LogP contribution is 2.38. The lowest BCUT2D eigenvalue weighted by molar-refractivity contribution is 0.0993. The molecular weight excluding hydrogens is 418 g/mol. The number of nitrogens with two attached hydrogens (primary N) is 1. The lowest BCUT2D eigenvalue weighted by Crippen LogP contribution is -2.20. The minimum Gasteiger partial charge on any atom is -0.365 e. The number of amides is 2. The molecule has 0 aliphatic carbocycles. The average molecular weight is 440 g/mol. The molecule has 7 nitrogen and oxygen atoms in total. The molecule has 0 saturated heterocycles. The van der Waals surface area contributed by atoms with Crippen LogP contribution in [0.25, 0.3) is 0 Å².